The number of anilines is 1. The summed E-state index contributed by atoms with van der Waals surface area (Å²) < 4.78 is 11.1. The van der Waals surface area contributed by atoms with Crippen molar-refractivity contribution in [1.82, 2.24) is 5.32 Å². The zero-order valence-corrected chi connectivity index (χ0v) is 13.5. The van der Waals surface area contributed by atoms with Crippen LogP contribution in [0.4, 0.5) is 5.69 Å². The number of amides is 2. The molecule has 6 nitrogen and oxygen atoms in total. The van der Waals surface area contributed by atoms with Gasteiger partial charge >= 0.3 is 0 Å². The molecule has 0 spiro atoms. The van der Waals surface area contributed by atoms with Crippen molar-refractivity contribution < 1.29 is 19.1 Å². The first-order chi connectivity index (χ1) is 11.0. The quantitative estimate of drug-likeness (QED) is 0.911. The zero-order valence-electron chi connectivity index (χ0n) is 13.5. The fourth-order valence-electron chi connectivity index (χ4n) is 2.91. The van der Waals surface area contributed by atoms with Crippen LogP contribution in [-0.2, 0) is 14.3 Å². The lowest BCUT2D eigenvalue weighted by Gasteiger charge is -2.32. The standard InChI is InChI=1S/C17H22N2O4/c1-11-5-6-15-14(8-11)19(17(21)12(2)23-15)10-16(20)18-9-13-4-3-7-22-13/h5-6,8,12-13H,3-4,7,9-10H2,1-2H3,(H,18,20)/t12-,13-/m1/s1. The highest BCUT2D eigenvalue weighted by Crippen LogP contribution is 2.34. The molecule has 6 heteroatoms. The van der Waals surface area contributed by atoms with Crippen LogP contribution in [0.1, 0.15) is 25.3 Å². The van der Waals surface area contributed by atoms with Crippen molar-refractivity contribution in [2.24, 2.45) is 0 Å². The molecule has 1 aromatic rings. The van der Waals surface area contributed by atoms with E-state index in [2.05, 4.69) is 5.32 Å². The number of fused-ring (bicyclic) bond motifs is 1. The van der Waals surface area contributed by atoms with Crippen LogP contribution in [-0.4, -0.2) is 43.7 Å². The number of hydrogen-bond donors (Lipinski definition) is 1. The van der Waals surface area contributed by atoms with Crippen LogP contribution >= 0.6 is 0 Å². The fourth-order valence-corrected chi connectivity index (χ4v) is 2.91. The largest absolute Gasteiger partial charge is 0.479 e. The highest BCUT2D eigenvalue weighted by molar-refractivity contribution is 6.03. The number of carbonyl (C=O) groups is 2. The van der Waals surface area contributed by atoms with Crippen LogP contribution in [0.3, 0.4) is 0 Å². The van der Waals surface area contributed by atoms with E-state index >= 15 is 0 Å². The summed E-state index contributed by atoms with van der Waals surface area (Å²) in [7, 11) is 0. The zero-order chi connectivity index (χ0) is 16.4. The molecule has 3 rings (SSSR count). The highest BCUT2D eigenvalue weighted by atomic mass is 16.5. The summed E-state index contributed by atoms with van der Waals surface area (Å²) in [4.78, 5) is 26.1. The van der Waals surface area contributed by atoms with Crippen LogP contribution in [0, 0.1) is 6.92 Å². The van der Waals surface area contributed by atoms with Gasteiger partial charge in [-0.3, -0.25) is 14.5 Å². The average molecular weight is 318 g/mol. The lowest BCUT2D eigenvalue weighted by molar-refractivity contribution is -0.128. The Balaban J connectivity index is 1.69. The third-order valence-corrected chi connectivity index (χ3v) is 4.18. The average Bonchev–Trinajstić information content (AvgIpc) is 3.04. The van der Waals surface area contributed by atoms with Crippen molar-refractivity contribution in [3.05, 3.63) is 23.8 Å². The molecule has 2 atom stereocenters. The highest BCUT2D eigenvalue weighted by Gasteiger charge is 2.32. The summed E-state index contributed by atoms with van der Waals surface area (Å²) in [5, 5.41) is 2.85. The van der Waals surface area contributed by atoms with Crippen molar-refractivity contribution in [2.45, 2.75) is 38.9 Å². The molecule has 124 valence electrons. The SMILES string of the molecule is Cc1ccc2c(c1)N(CC(=O)NC[C@H]1CCCO1)C(=O)[C@@H](C)O2. The van der Waals surface area contributed by atoms with E-state index in [0.29, 0.717) is 18.0 Å². The van der Waals surface area contributed by atoms with E-state index in [1.54, 1.807) is 6.92 Å². The first kappa shape index (κ1) is 15.8. The maximum absolute atomic E-state index is 12.4. The minimum absolute atomic E-state index is 0.00426. The minimum Gasteiger partial charge on any atom is -0.479 e. The van der Waals surface area contributed by atoms with Gasteiger partial charge in [-0.1, -0.05) is 6.07 Å². The van der Waals surface area contributed by atoms with E-state index in [9.17, 15) is 9.59 Å². The van der Waals surface area contributed by atoms with Crippen molar-refractivity contribution >= 4 is 17.5 Å². The predicted octanol–water partition coefficient (Wildman–Crippen LogP) is 1.40. The van der Waals surface area contributed by atoms with E-state index < -0.39 is 6.10 Å². The molecular formula is C17H22N2O4. The fraction of sp³-hybridized carbons (Fsp3) is 0.529. The summed E-state index contributed by atoms with van der Waals surface area (Å²) in [6, 6.07) is 5.63. The molecule has 2 heterocycles. The maximum atomic E-state index is 12.4. The van der Waals surface area contributed by atoms with E-state index in [1.165, 1.54) is 4.90 Å². The first-order valence-electron chi connectivity index (χ1n) is 8.01. The molecule has 1 aromatic carbocycles. The number of nitrogens with one attached hydrogen (secondary N) is 1. The summed E-state index contributed by atoms with van der Waals surface area (Å²) >= 11 is 0. The maximum Gasteiger partial charge on any atom is 0.268 e. The number of rotatable bonds is 4. The van der Waals surface area contributed by atoms with E-state index in [1.807, 2.05) is 25.1 Å². The lowest BCUT2D eigenvalue weighted by Crippen LogP contribution is -2.49. The molecule has 0 saturated carbocycles. The van der Waals surface area contributed by atoms with E-state index in [4.69, 9.17) is 9.47 Å². The molecule has 23 heavy (non-hydrogen) atoms. The van der Waals surface area contributed by atoms with Crippen LogP contribution in [0.25, 0.3) is 0 Å². The van der Waals surface area contributed by atoms with Crippen LogP contribution < -0.4 is 15.0 Å². The number of hydrogen-bond acceptors (Lipinski definition) is 4. The molecule has 2 aliphatic rings. The first-order valence-corrected chi connectivity index (χ1v) is 8.01. The molecule has 0 bridgehead atoms. The Morgan fingerprint density at radius 1 is 1.43 bits per heavy atom. The molecule has 0 unspecified atom stereocenters. The van der Waals surface area contributed by atoms with Crippen LogP contribution in [0.15, 0.2) is 18.2 Å². The van der Waals surface area contributed by atoms with Crippen LogP contribution in [0.2, 0.25) is 0 Å². The summed E-state index contributed by atoms with van der Waals surface area (Å²) in [5.41, 5.74) is 1.67. The molecule has 2 amide bonds. The van der Waals surface area contributed by atoms with Gasteiger partial charge in [0.25, 0.3) is 5.91 Å². The third kappa shape index (κ3) is 3.47. The van der Waals surface area contributed by atoms with Gasteiger partial charge in [-0.25, -0.2) is 0 Å². The van der Waals surface area contributed by atoms with Crippen molar-refractivity contribution in [2.75, 3.05) is 24.6 Å². The monoisotopic (exact) mass is 318 g/mol. The third-order valence-electron chi connectivity index (χ3n) is 4.18. The molecule has 0 aliphatic carbocycles. The van der Waals surface area contributed by atoms with Crippen LogP contribution in [0.5, 0.6) is 5.75 Å². The number of ether oxygens (including phenoxy) is 2. The topological polar surface area (TPSA) is 67.9 Å². The van der Waals surface area contributed by atoms with Gasteiger partial charge in [-0.15, -0.1) is 0 Å². The predicted molar refractivity (Wildman–Crippen MR) is 85.6 cm³/mol. The normalized spacial score (nSPS) is 23.4. The van der Waals surface area contributed by atoms with Crippen molar-refractivity contribution in [3.63, 3.8) is 0 Å². The number of benzene rings is 1. The van der Waals surface area contributed by atoms with E-state index in [0.717, 1.165) is 25.0 Å². The van der Waals surface area contributed by atoms with E-state index in [-0.39, 0.29) is 24.5 Å². The van der Waals surface area contributed by atoms with Gasteiger partial charge in [0.1, 0.15) is 12.3 Å². The number of nitrogens with zero attached hydrogens (tertiary/aromatic N) is 1. The summed E-state index contributed by atoms with van der Waals surface area (Å²) in [5.74, 6) is 0.250. The van der Waals surface area contributed by atoms with Gasteiger partial charge in [0.2, 0.25) is 5.91 Å². The summed E-state index contributed by atoms with van der Waals surface area (Å²) in [6.07, 6.45) is 1.51. The molecule has 0 aromatic heterocycles. The van der Waals surface area contributed by atoms with Gasteiger partial charge in [0.05, 0.1) is 11.8 Å². The molecule has 1 N–H and O–H groups in total. The number of aryl methyl sites for hydroxylation is 1. The molecule has 1 fully saturated rings. The Bertz CT molecular complexity index is 611. The van der Waals surface area contributed by atoms with Gasteiger partial charge < -0.3 is 14.8 Å². The second kappa shape index (κ2) is 6.58. The van der Waals surface area contributed by atoms with Gasteiger partial charge in [-0.2, -0.15) is 0 Å². The Morgan fingerprint density at radius 2 is 2.26 bits per heavy atom. The second-order valence-electron chi connectivity index (χ2n) is 6.09. The molecular weight excluding hydrogens is 296 g/mol. The molecule has 1 saturated heterocycles. The van der Waals surface area contributed by atoms with Gasteiger partial charge in [-0.05, 0) is 44.4 Å². The molecule has 0 radical (unpaired) electrons. The smallest absolute Gasteiger partial charge is 0.268 e. The number of carbonyl (C=O) groups excluding carboxylic acids is 2. The van der Waals surface area contributed by atoms with Crippen molar-refractivity contribution in [3.8, 4) is 5.75 Å². The van der Waals surface area contributed by atoms with Crippen molar-refractivity contribution in [1.29, 1.82) is 0 Å². The summed E-state index contributed by atoms with van der Waals surface area (Å²) in [6.45, 7) is 4.89. The second-order valence-corrected chi connectivity index (χ2v) is 6.09. The Labute approximate surface area is 135 Å². The van der Waals surface area contributed by atoms with Gasteiger partial charge in [0, 0.05) is 13.2 Å². The Kier molecular flexibility index (Phi) is 4.52. The Hall–Kier alpha value is -2.08. The Morgan fingerprint density at radius 3 is 3.00 bits per heavy atom. The molecule has 2 aliphatic heterocycles. The van der Waals surface area contributed by atoms with Gasteiger partial charge in [0.15, 0.2) is 6.10 Å². The minimum atomic E-state index is -0.587. The lowest BCUT2D eigenvalue weighted by atomic mass is 10.1.